The molecular weight excluding hydrogens is 241 g/mol. The van der Waals surface area contributed by atoms with Gasteiger partial charge in [-0.2, -0.15) is 13.2 Å². The Morgan fingerprint density at radius 2 is 1.94 bits per heavy atom. The van der Waals surface area contributed by atoms with E-state index in [0.29, 0.717) is 12.0 Å². The molecule has 0 aliphatic carbocycles. The second-order valence-corrected chi connectivity index (χ2v) is 3.86. The van der Waals surface area contributed by atoms with Crippen molar-refractivity contribution in [3.05, 3.63) is 49.1 Å². The minimum atomic E-state index is -4.22. The van der Waals surface area contributed by atoms with Crippen molar-refractivity contribution in [2.24, 2.45) is 0 Å². The van der Waals surface area contributed by atoms with E-state index in [1.54, 1.807) is 6.08 Å². The molecule has 0 aromatic carbocycles. The van der Waals surface area contributed by atoms with Gasteiger partial charge in [0.15, 0.2) is 0 Å². The number of halogens is 3. The minimum Gasteiger partial charge on any atom is -0.388 e. The molecule has 0 aromatic rings. The Balaban J connectivity index is 4.42. The van der Waals surface area contributed by atoms with Gasteiger partial charge >= 0.3 is 6.18 Å². The molecule has 0 saturated carbocycles. The SMILES string of the molecule is C=C/C=C(\C=C/CC(F)(F)F)[C@@H](O)CCCC=C. The molecule has 0 aromatic heterocycles. The Morgan fingerprint density at radius 1 is 1.28 bits per heavy atom. The van der Waals surface area contributed by atoms with Crippen LogP contribution >= 0.6 is 0 Å². The summed E-state index contributed by atoms with van der Waals surface area (Å²) in [5, 5.41) is 9.81. The molecule has 0 fully saturated rings. The van der Waals surface area contributed by atoms with Crippen molar-refractivity contribution in [1.29, 1.82) is 0 Å². The molecule has 102 valence electrons. The quantitative estimate of drug-likeness (QED) is 0.391. The van der Waals surface area contributed by atoms with Crippen LogP contribution in [0.2, 0.25) is 0 Å². The van der Waals surface area contributed by atoms with Crippen LogP contribution in [-0.4, -0.2) is 17.4 Å². The second-order valence-electron chi connectivity index (χ2n) is 3.86. The Morgan fingerprint density at radius 3 is 2.44 bits per heavy atom. The maximum Gasteiger partial charge on any atom is 0.392 e. The van der Waals surface area contributed by atoms with Crippen LogP contribution in [0.1, 0.15) is 25.7 Å². The van der Waals surface area contributed by atoms with Gasteiger partial charge < -0.3 is 5.11 Å². The predicted molar refractivity (Wildman–Crippen MR) is 68.1 cm³/mol. The number of hydrogen-bond acceptors (Lipinski definition) is 1. The fourth-order valence-electron chi connectivity index (χ4n) is 1.36. The summed E-state index contributed by atoms with van der Waals surface area (Å²) in [5.74, 6) is 0. The van der Waals surface area contributed by atoms with Gasteiger partial charge in [0.25, 0.3) is 0 Å². The van der Waals surface area contributed by atoms with Crippen LogP contribution in [0.4, 0.5) is 13.2 Å². The summed E-state index contributed by atoms with van der Waals surface area (Å²) in [7, 11) is 0. The average Bonchev–Trinajstić information content (AvgIpc) is 2.26. The Labute approximate surface area is 106 Å². The summed E-state index contributed by atoms with van der Waals surface area (Å²) >= 11 is 0. The third-order valence-electron chi connectivity index (χ3n) is 2.24. The molecule has 0 amide bonds. The highest BCUT2D eigenvalue weighted by molar-refractivity contribution is 5.26. The monoisotopic (exact) mass is 260 g/mol. The van der Waals surface area contributed by atoms with Crippen LogP contribution in [-0.2, 0) is 0 Å². The molecule has 0 spiro atoms. The molecule has 18 heavy (non-hydrogen) atoms. The van der Waals surface area contributed by atoms with Gasteiger partial charge in [-0.1, -0.05) is 37.0 Å². The second kappa shape index (κ2) is 8.75. The van der Waals surface area contributed by atoms with E-state index in [1.165, 1.54) is 18.2 Å². The lowest BCUT2D eigenvalue weighted by molar-refractivity contribution is -0.125. The van der Waals surface area contributed by atoms with Gasteiger partial charge in [0.1, 0.15) is 0 Å². The first-order chi connectivity index (χ1) is 8.40. The van der Waals surface area contributed by atoms with Crippen molar-refractivity contribution in [2.75, 3.05) is 0 Å². The van der Waals surface area contributed by atoms with Gasteiger partial charge in [-0.3, -0.25) is 0 Å². The zero-order valence-corrected chi connectivity index (χ0v) is 10.3. The number of alkyl halides is 3. The van der Waals surface area contributed by atoms with Crippen LogP contribution in [0.25, 0.3) is 0 Å². The Bertz CT molecular complexity index is 313. The minimum absolute atomic E-state index is 0.443. The van der Waals surface area contributed by atoms with E-state index in [-0.39, 0.29) is 0 Å². The molecule has 0 aliphatic heterocycles. The first kappa shape index (κ1) is 16.7. The zero-order valence-electron chi connectivity index (χ0n) is 10.3. The van der Waals surface area contributed by atoms with Crippen molar-refractivity contribution in [3.63, 3.8) is 0 Å². The lowest BCUT2D eigenvalue weighted by atomic mass is 10.0. The first-order valence-electron chi connectivity index (χ1n) is 5.75. The third kappa shape index (κ3) is 8.82. The molecular formula is C14H19F3O. The normalized spacial score (nSPS) is 14.8. The maximum atomic E-state index is 12.0. The first-order valence-corrected chi connectivity index (χ1v) is 5.75. The van der Waals surface area contributed by atoms with E-state index in [4.69, 9.17) is 0 Å². The lowest BCUT2D eigenvalue weighted by Gasteiger charge is -2.11. The highest BCUT2D eigenvalue weighted by Crippen LogP contribution is 2.21. The van der Waals surface area contributed by atoms with Crippen LogP contribution in [0.3, 0.4) is 0 Å². The van der Waals surface area contributed by atoms with Gasteiger partial charge in [-0.15, -0.1) is 6.58 Å². The van der Waals surface area contributed by atoms with Crippen molar-refractivity contribution >= 4 is 0 Å². The van der Waals surface area contributed by atoms with Crippen molar-refractivity contribution < 1.29 is 18.3 Å². The number of aliphatic hydroxyl groups is 1. The largest absolute Gasteiger partial charge is 0.392 e. The average molecular weight is 260 g/mol. The van der Waals surface area contributed by atoms with Gasteiger partial charge in [-0.25, -0.2) is 0 Å². The molecule has 0 saturated heterocycles. The summed E-state index contributed by atoms with van der Waals surface area (Å²) in [6, 6.07) is 0. The van der Waals surface area contributed by atoms with Gasteiger partial charge in [0.05, 0.1) is 12.5 Å². The molecule has 4 heteroatoms. The smallest absolute Gasteiger partial charge is 0.388 e. The van der Waals surface area contributed by atoms with E-state index in [2.05, 4.69) is 13.2 Å². The van der Waals surface area contributed by atoms with Crippen LogP contribution in [0, 0.1) is 0 Å². The predicted octanol–water partition coefficient (Wildman–Crippen LogP) is 4.32. The Hall–Kier alpha value is -1.29. The highest BCUT2D eigenvalue weighted by Gasteiger charge is 2.24. The molecule has 0 unspecified atom stereocenters. The van der Waals surface area contributed by atoms with Gasteiger partial charge in [0, 0.05) is 0 Å². The zero-order chi connectivity index (χ0) is 14.0. The van der Waals surface area contributed by atoms with Crippen LogP contribution < -0.4 is 0 Å². The van der Waals surface area contributed by atoms with Crippen molar-refractivity contribution in [3.8, 4) is 0 Å². The standard InChI is InChI=1S/C14H19F3O/c1-3-5-6-10-13(18)12(8-4-2)9-7-11-14(15,16)17/h3-4,7-9,13,18H,1-2,5-6,10-11H2/b9-7-,12-8+/t13-/m0/s1. The fraction of sp³-hybridized carbons (Fsp3) is 0.429. The highest BCUT2D eigenvalue weighted by atomic mass is 19.4. The van der Waals surface area contributed by atoms with Crippen molar-refractivity contribution in [2.45, 2.75) is 38.0 Å². The molecule has 0 bridgehead atoms. The maximum absolute atomic E-state index is 12.0. The van der Waals surface area contributed by atoms with E-state index in [9.17, 15) is 18.3 Å². The summed E-state index contributed by atoms with van der Waals surface area (Å²) in [6.07, 6.45) is 3.02. The summed E-state index contributed by atoms with van der Waals surface area (Å²) in [6.45, 7) is 7.04. The molecule has 1 N–H and O–H groups in total. The van der Waals surface area contributed by atoms with E-state index in [1.807, 2.05) is 0 Å². The Kier molecular flexibility index (Phi) is 8.12. The number of aliphatic hydroxyl groups excluding tert-OH is 1. The summed E-state index contributed by atoms with van der Waals surface area (Å²) in [4.78, 5) is 0. The molecule has 0 heterocycles. The molecule has 0 aliphatic rings. The summed E-state index contributed by atoms with van der Waals surface area (Å²) in [5.41, 5.74) is 0.443. The topological polar surface area (TPSA) is 20.2 Å². The van der Waals surface area contributed by atoms with E-state index >= 15 is 0 Å². The van der Waals surface area contributed by atoms with Gasteiger partial charge in [0.2, 0.25) is 0 Å². The van der Waals surface area contributed by atoms with Crippen molar-refractivity contribution in [1.82, 2.24) is 0 Å². The number of hydrogen-bond donors (Lipinski definition) is 1. The van der Waals surface area contributed by atoms with E-state index in [0.717, 1.165) is 18.9 Å². The molecule has 0 rings (SSSR count). The van der Waals surface area contributed by atoms with E-state index < -0.39 is 18.7 Å². The molecule has 1 nitrogen and oxygen atoms in total. The lowest BCUT2D eigenvalue weighted by Crippen LogP contribution is -2.09. The number of allylic oxidation sites excluding steroid dienone is 4. The summed E-state index contributed by atoms with van der Waals surface area (Å²) < 4.78 is 35.9. The van der Waals surface area contributed by atoms with Crippen LogP contribution in [0.5, 0.6) is 0 Å². The van der Waals surface area contributed by atoms with Crippen LogP contribution in [0.15, 0.2) is 49.1 Å². The number of rotatable bonds is 8. The fourth-order valence-corrected chi connectivity index (χ4v) is 1.36. The number of unbranched alkanes of at least 4 members (excludes halogenated alkanes) is 1. The third-order valence-corrected chi connectivity index (χ3v) is 2.24. The van der Waals surface area contributed by atoms with Gasteiger partial charge in [-0.05, 0) is 24.8 Å². The molecule has 0 radical (unpaired) electrons. The molecule has 1 atom stereocenters.